The topological polar surface area (TPSA) is 49.8 Å². The zero-order valence-corrected chi connectivity index (χ0v) is 16.9. The number of aliphatic imine (C=N–C) groups is 1. The first-order chi connectivity index (χ1) is 10.6. The van der Waals surface area contributed by atoms with Crippen LogP contribution in [0.5, 0.6) is 5.88 Å². The standard InChI is InChI=1S/C17H28N4O.HI/c1-5-18-17(21-11-13(2)9-14(3)12-21)20-10-15-7-6-8-19-16(15)22-4;/h6-8,13-14H,5,9-12H2,1-4H3,(H,18,20);1H. The third-order valence-corrected chi connectivity index (χ3v) is 3.95. The molecule has 0 bridgehead atoms. The van der Waals surface area contributed by atoms with Gasteiger partial charge in [-0.15, -0.1) is 24.0 Å². The Balaban J connectivity index is 0.00000264. The van der Waals surface area contributed by atoms with E-state index in [1.165, 1.54) is 6.42 Å². The van der Waals surface area contributed by atoms with Crippen LogP contribution in [0.4, 0.5) is 0 Å². The molecule has 1 saturated heterocycles. The molecule has 0 spiro atoms. The van der Waals surface area contributed by atoms with E-state index in [-0.39, 0.29) is 24.0 Å². The van der Waals surface area contributed by atoms with Gasteiger partial charge in [-0.2, -0.15) is 0 Å². The summed E-state index contributed by atoms with van der Waals surface area (Å²) >= 11 is 0. The maximum Gasteiger partial charge on any atom is 0.218 e. The minimum Gasteiger partial charge on any atom is -0.481 e. The SMILES string of the molecule is CCNC(=NCc1cccnc1OC)N1CC(C)CC(C)C1.I. The molecule has 2 heterocycles. The summed E-state index contributed by atoms with van der Waals surface area (Å²) < 4.78 is 5.30. The van der Waals surface area contributed by atoms with Crippen LogP contribution in [0.1, 0.15) is 32.8 Å². The van der Waals surface area contributed by atoms with Gasteiger partial charge in [0, 0.05) is 31.4 Å². The van der Waals surface area contributed by atoms with Crippen LogP contribution in [0, 0.1) is 11.8 Å². The maximum absolute atomic E-state index is 5.30. The van der Waals surface area contributed by atoms with Gasteiger partial charge < -0.3 is 15.0 Å². The zero-order valence-electron chi connectivity index (χ0n) is 14.6. The van der Waals surface area contributed by atoms with Crippen molar-refractivity contribution in [1.82, 2.24) is 15.2 Å². The molecule has 23 heavy (non-hydrogen) atoms. The molecule has 0 saturated carbocycles. The lowest BCUT2D eigenvalue weighted by Crippen LogP contribution is -2.48. The Morgan fingerprint density at radius 1 is 1.39 bits per heavy atom. The van der Waals surface area contributed by atoms with Gasteiger partial charge in [-0.05, 0) is 31.2 Å². The number of rotatable bonds is 4. The van der Waals surface area contributed by atoms with Crippen LogP contribution in [-0.2, 0) is 6.54 Å². The van der Waals surface area contributed by atoms with Crippen molar-refractivity contribution in [3.63, 3.8) is 0 Å². The molecule has 5 nitrogen and oxygen atoms in total. The van der Waals surface area contributed by atoms with Crippen molar-refractivity contribution in [3.8, 4) is 5.88 Å². The summed E-state index contributed by atoms with van der Waals surface area (Å²) in [5.41, 5.74) is 1.01. The Morgan fingerprint density at radius 3 is 2.70 bits per heavy atom. The van der Waals surface area contributed by atoms with E-state index in [4.69, 9.17) is 9.73 Å². The van der Waals surface area contributed by atoms with E-state index in [0.717, 1.165) is 31.2 Å². The Morgan fingerprint density at radius 2 is 2.09 bits per heavy atom. The Bertz CT molecular complexity index is 499. The molecule has 2 rings (SSSR count). The highest BCUT2D eigenvalue weighted by Gasteiger charge is 2.24. The molecule has 0 aromatic carbocycles. The van der Waals surface area contributed by atoms with Gasteiger partial charge >= 0.3 is 0 Å². The van der Waals surface area contributed by atoms with E-state index < -0.39 is 0 Å². The molecule has 0 amide bonds. The van der Waals surface area contributed by atoms with E-state index in [0.29, 0.717) is 24.3 Å². The summed E-state index contributed by atoms with van der Waals surface area (Å²) in [5, 5.41) is 3.42. The first-order valence-corrected chi connectivity index (χ1v) is 8.15. The van der Waals surface area contributed by atoms with Crippen LogP contribution in [0.3, 0.4) is 0 Å². The fourth-order valence-corrected chi connectivity index (χ4v) is 3.15. The highest BCUT2D eigenvalue weighted by Crippen LogP contribution is 2.21. The number of ether oxygens (including phenoxy) is 1. The van der Waals surface area contributed by atoms with Crippen LogP contribution in [-0.4, -0.2) is 42.6 Å². The number of methoxy groups -OCH3 is 1. The van der Waals surface area contributed by atoms with Crippen LogP contribution in [0.15, 0.2) is 23.3 Å². The van der Waals surface area contributed by atoms with Crippen LogP contribution in [0.25, 0.3) is 0 Å². The van der Waals surface area contributed by atoms with Crippen molar-refractivity contribution in [2.75, 3.05) is 26.7 Å². The average Bonchev–Trinajstić information content (AvgIpc) is 2.50. The number of hydrogen-bond donors (Lipinski definition) is 1. The van der Waals surface area contributed by atoms with E-state index in [2.05, 4.69) is 36.0 Å². The summed E-state index contributed by atoms with van der Waals surface area (Å²) in [6.45, 7) is 10.3. The monoisotopic (exact) mass is 432 g/mol. The molecule has 2 unspecified atom stereocenters. The number of likely N-dealkylation sites (tertiary alicyclic amines) is 1. The lowest BCUT2D eigenvalue weighted by molar-refractivity contribution is 0.208. The minimum absolute atomic E-state index is 0. The molecule has 0 radical (unpaired) electrons. The van der Waals surface area contributed by atoms with Crippen LogP contribution in [0.2, 0.25) is 0 Å². The Kier molecular flexibility index (Phi) is 8.65. The average molecular weight is 432 g/mol. The molecule has 6 heteroatoms. The predicted octanol–water partition coefficient (Wildman–Crippen LogP) is 3.15. The third kappa shape index (κ3) is 5.82. The second-order valence-corrected chi connectivity index (χ2v) is 6.19. The van der Waals surface area contributed by atoms with E-state index >= 15 is 0 Å². The van der Waals surface area contributed by atoms with Gasteiger partial charge in [-0.3, -0.25) is 0 Å². The zero-order chi connectivity index (χ0) is 15.9. The third-order valence-electron chi connectivity index (χ3n) is 3.95. The summed E-state index contributed by atoms with van der Waals surface area (Å²) in [7, 11) is 1.65. The molecular weight excluding hydrogens is 403 g/mol. The van der Waals surface area contributed by atoms with E-state index in [1.807, 2.05) is 12.1 Å². The molecule has 1 aliphatic heterocycles. The first-order valence-electron chi connectivity index (χ1n) is 8.15. The summed E-state index contributed by atoms with van der Waals surface area (Å²) in [5.74, 6) is 3.07. The number of nitrogens with zero attached hydrogens (tertiary/aromatic N) is 3. The summed E-state index contributed by atoms with van der Waals surface area (Å²) in [4.78, 5) is 11.4. The van der Waals surface area contributed by atoms with E-state index in [9.17, 15) is 0 Å². The number of aromatic nitrogens is 1. The first kappa shape index (κ1) is 20.0. The second-order valence-electron chi connectivity index (χ2n) is 6.19. The van der Waals surface area contributed by atoms with Crippen molar-refractivity contribution in [1.29, 1.82) is 0 Å². The van der Waals surface area contributed by atoms with Crippen LogP contribution < -0.4 is 10.1 Å². The molecule has 1 N–H and O–H groups in total. The lowest BCUT2D eigenvalue weighted by Gasteiger charge is -2.37. The summed E-state index contributed by atoms with van der Waals surface area (Å²) in [6.07, 6.45) is 3.04. The quantitative estimate of drug-likeness (QED) is 0.451. The molecule has 0 aliphatic carbocycles. The largest absolute Gasteiger partial charge is 0.481 e. The number of piperidine rings is 1. The molecule has 1 aromatic rings. The highest BCUT2D eigenvalue weighted by atomic mass is 127. The molecule has 1 aromatic heterocycles. The Labute approximate surface area is 156 Å². The van der Waals surface area contributed by atoms with Crippen molar-refractivity contribution < 1.29 is 4.74 Å². The van der Waals surface area contributed by atoms with Gasteiger partial charge in [0.15, 0.2) is 5.96 Å². The lowest BCUT2D eigenvalue weighted by atomic mass is 9.92. The van der Waals surface area contributed by atoms with Crippen LogP contribution >= 0.6 is 24.0 Å². The predicted molar refractivity (Wildman–Crippen MR) is 106 cm³/mol. The Hall–Kier alpha value is -1.05. The van der Waals surface area contributed by atoms with Gasteiger partial charge in [0.05, 0.1) is 13.7 Å². The van der Waals surface area contributed by atoms with Gasteiger partial charge in [0.25, 0.3) is 0 Å². The highest BCUT2D eigenvalue weighted by molar-refractivity contribution is 14.0. The van der Waals surface area contributed by atoms with Crippen molar-refractivity contribution in [2.45, 2.75) is 33.7 Å². The van der Waals surface area contributed by atoms with Gasteiger partial charge in [0.2, 0.25) is 5.88 Å². The fourth-order valence-electron chi connectivity index (χ4n) is 3.15. The molecule has 130 valence electrons. The normalized spacial score (nSPS) is 21.6. The molecule has 2 atom stereocenters. The number of nitrogens with one attached hydrogen (secondary N) is 1. The molecular formula is C17H29IN4O. The van der Waals surface area contributed by atoms with Gasteiger partial charge in [-0.1, -0.05) is 19.9 Å². The number of hydrogen-bond acceptors (Lipinski definition) is 3. The van der Waals surface area contributed by atoms with Crippen molar-refractivity contribution in [3.05, 3.63) is 23.9 Å². The van der Waals surface area contributed by atoms with Gasteiger partial charge in [-0.25, -0.2) is 9.98 Å². The number of guanidine groups is 1. The van der Waals surface area contributed by atoms with Crippen molar-refractivity contribution in [2.24, 2.45) is 16.8 Å². The number of halogens is 1. The minimum atomic E-state index is 0. The van der Waals surface area contributed by atoms with E-state index in [1.54, 1.807) is 13.3 Å². The molecule has 1 aliphatic rings. The smallest absolute Gasteiger partial charge is 0.218 e. The summed E-state index contributed by atoms with van der Waals surface area (Å²) in [6, 6.07) is 3.94. The fraction of sp³-hybridized carbons (Fsp3) is 0.647. The number of pyridine rings is 1. The van der Waals surface area contributed by atoms with Gasteiger partial charge in [0.1, 0.15) is 0 Å². The maximum atomic E-state index is 5.30. The second kappa shape index (κ2) is 9.95. The molecule has 1 fully saturated rings. The van der Waals surface area contributed by atoms with Crippen molar-refractivity contribution >= 4 is 29.9 Å².